The summed E-state index contributed by atoms with van der Waals surface area (Å²) >= 11 is 0. The zero-order valence-corrected chi connectivity index (χ0v) is 39.1. The molecule has 0 atom stereocenters. The van der Waals surface area contributed by atoms with Gasteiger partial charge in [0.05, 0.1) is 22.7 Å². The molecule has 10 aromatic carbocycles. The Bertz CT molecular complexity index is 3720. The van der Waals surface area contributed by atoms with Crippen LogP contribution in [0, 0.1) is 11.3 Å². The van der Waals surface area contributed by atoms with E-state index in [2.05, 4.69) is 211 Å². The molecule has 0 N–H and O–H groups in total. The van der Waals surface area contributed by atoms with Gasteiger partial charge in [0.25, 0.3) is 0 Å². The van der Waals surface area contributed by atoms with Gasteiger partial charge in [0.1, 0.15) is 0 Å². The van der Waals surface area contributed by atoms with E-state index in [1.165, 1.54) is 20.7 Å². The van der Waals surface area contributed by atoms with Gasteiger partial charge in [-0.25, -0.2) is 15.0 Å². The smallest absolute Gasteiger partial charge is 0.179 e. The standard InChI is InChI=1S/C64H43N5Si/c65-44-45-33-35-46(36-34-45)49-37-39-58-57-31-16-17-32-60(57)69(61(58)42-49)51-38-40-56(59(43-51)64-67-62(47-19-6-1-7-20-47)66-63(68-64)48-21-8-2-9-22-48)50-23-18-30-55(41-50)70(52-24-10-3-11-25-52,53-26-12-4-13-27-53)54-28-14-5-15-29-54/h1-43H. The molecule has 0 bridgehead atoms. The maximum atomic E-state index is 9.55. The molecule has 70 heavy (non-hydrogen) atoms. The Labute approximate surface area is 408 Å². The average molecular weight is 910 g/mol. The highest BCUT2D eigenvalue weighted by Gasteiger charge is 2.41. The Morgan fingerprint density at radius 2 is 0.814 bits per heavy atom. The van der Waals surface area contributed by atoms with E-state index < -0.39 is 8.07 Å². The van der Waals surface area contributed by atoms with E-state index in [4.69, 9.17) is 15.0 Å². The third kappa shape index (κ3) is 7.48. The lowest BCUT2D eigenvalue weighted by atomic mass is 9.98. The molecular weight excluding hydrogens is 867 g/mol. The van der Waals surface area contributed by atoms with Crippen LogP contribution in [0.1, 0.15) is 5.56 Å². The number of rotatable bonds is 10. The lowest BCUT2D eigenvalue weighted by molar-refractivity contribution is 1.07. The van der Waals surface area contributed by atoms with Crippen LogP contribution in [0.5, 0.6) is 0 Å². The Hall–Kier alpha value is -9.28. The van der Waals surface area contributed by atoms with Crippen molar-refractivity contribution in [1.82, 2.24) is 19.5 Å². The van der Waals surface area contributed by atoms with Gasteiger partial charge in [0.2, 0.25) is 0 Å². The zero-order valence-electron chi connectivity index (χ0n) is 38.1. The number of aromatic nitrogens is 4. The number of para-hydroxylation sites is 1. The van der Waals surface area contributed by atoms with Gasteiger partial charge < -0.3 is 4.57 Å². The first kappa shape index (κ1) is 42.1. The summed E-state index contributed by atoms with van der Waals surface area (Å²) in [5.74, 6) is 1.77. The van der Waals surface area contributed by atoms with Crippen LogP contribution >= 0.6 is 0 Å². The third-order valence-corrected chi connectivity index (χ3v) is 18.2. The minimum atomic E-state index is -2.88. The van der Waals surface area contributed by atoms with Crippen molar-refractivity contribution < 1.29 is 0 Å². The molecule has 0 aliphatic heterocycles. The lowest BCUT2D eigenvalue weighted by Crippen LogP contribution is -2.74. The SMILES string of the molecule is N#Cc1ccc(-c2ccc3c4ccccc4n(-c4ccc(-c5cccc([Si](c6ccccc6)(c6ccccc6)c6ccccc6)c5)c(-c5nc(-c6ccccc6)nc(-c6ccccc6)n5)c4)c3c2)cc1. The topological polar surface area (TPSA) is 67.4 Å². The minimum Gasteiger partial charge on any atom is -0.309 e. The molecule has 12 aromatic rings. The van der Waals surface area contributed by atoms with Crippen LogP contribution in [0.25, 0.3) is 83.9 Å². The van der Waals surface area contributed by atoms with Gasteiger partial charge in [-0.05, 0) is 79.4 Å². The van der Waals surface area contributed by atoms with E-state index in [1.807, 2.05) is 60.7 Å². The first-order chi connectivity index (χ1) is 34.7. The molecule has 0 radical (unpaired) electrons. The second kappa shape index (κ2) is 18.1. The summed E-state index contributed by atoms with van der Waals surface area (Å²) in [5, 5.41) is 17.1. The van der Waals surface area contributed by atoms with Gasteiger partial charge in [0.15, 0.2) is 25.5 Å². The highest BCUT2D eigenvalue weighted by molar-refractivity contribution is 7.19. The number of nitriles is 1. The molecule has 2 heterocycles. The normalized spacial score (nSPS) is 11.4. The van der Waals surface area contributed by atoms with E-state index >= 15 is 0 Å². The second-order valence-electron chi connectivity index (χ2n) is 17.5. The van der Waals surface area contributed by atoms with Crippen molar-refractivity contribution in [3.8, 4) is 68.2 Å². The molecule has 0 saturated heterocycles. The highest BCUT2D eigenvalue weighted by atomic mass is 28.3. The predicted molar refractivity (Wildman–Crippen MR) is 290 cm³/mol. The largest absolute Gasteiger partial charge is 0.309 e. The summed E-state index contributed by atoms with van der Waals surface area (Å²) in [4.78, 5) is 15.9. The number of hydrogen-bond acceptors (Lipinski definition) is 4. The molecule has 0 unspecified atom stereocenters. The molecule has 6 heteroatoms. The first-order valence-electron chi connectivity index (χ1n) is 23.5. The van der Waals surface area contributed by atoms with Crippen molar-refractivity contribution in [2.45, 2.75) is 0 Å². The van der Waals surface area contributed by atoms with Crippen LogP contribution in [-0.4, -0.2) is 27.6 Å². The zero-order chi connectivity index (χ0) is 46.9. The Kier molecular flexibility index (Phi) is 10.9. The fraction of sp³-hybridized carbons (Fsp3) is 0. The number of benzene rings is 10. The van der Waals surface area contributed by atoms with Crippen molar-refractivity contribution in [2.75, 3.05) is 0 Å². The minimum absolute atomic E-state index is 0.576. The van der Waals surface area contributed by atoms with Crippen molar-refractivity contribution in [1.29, 1.82) is 5.26 Å². The highest BCUT2D eigenvalue weighted by Crippen LogP contribution is 2.39. The molecule has 0 fully saturated rings. The molecule has 12 rings (SSSR count). The second-order valence-corrected chi connectivity index (χ2v) is 21.3. The molecular formula is C64H43N5Si. The molecule has 0 spiro atoms. The Morgan fingerprint density at radius 1 is 0.329 bits per heavy atom. The van der Waals surface area contributed by atoms with Crippen LogP contribution in [0.2, 0.25) is 0 Å². The summed E-state index contributed by atoms with van der Waals surface area (Å²) in [5.41, 5.74) is 10.6. The molecule has 0 aliphatic carbocycles. The van der Waals surface area contributed by atoms with E-state index in [0.717, 1.165) is 66.4 Å². The maximum absolute atomic E-state index is 9.55. The van der Waals surface area contributed by atoms with Gasteiger partial charge >= 0.3 is 0 Å². The van der Waals surface area contributed by atoms with Crippen LogP contribution in [0.4, 0.5) is 0 Å². The van der Waals surface area contributed by atoms with Crippen molar-refractivity contribution in [3.63, 3.8) is 0 Å². The summed E-state index contributed by atoms with van der Waals surface area (Å²) in [6.45, 7) is 0. The van der Waals surface area contributed by atoms with Gasteiger partial charge in [-0.15, -0.1) is 0 Å². The molecule has 0 amide bonds. The predicted octanol–water partition coefficient (Wildman–Crippen LogP) is 12.6. The van der Waals surface area contributed by atoms with E-state index in [0.29, 0.717) is 23.0 Å². The van der Waals surface area contributed by atoms with Crippen molar-refractivity contribution in [3.05, 3.63) is 266 Å². The molecule has 0 saturated carbocycles. The number of fused-ring (bicyclic) bond motifs is 3. The lowest BCUT2D eigenvalue weighted by Gasteiger charge is -2.34. The van der Waals surface area contributed by atoms with E-state index in [1.54, 1.807) is 0 Å². The average Bonchev–Trinajstić information content (AvgIpc) is 3.78. The molecule has 2 aromatic heterocycles. The monoisotopic (exact) mass is 909 g/mol. The quantitative estimate of drug-likeness (QED) is 0.101. The van der Waals surface area contributed by atoms with Crippen LogP contribution in [0.15, 0.2) is 261 Å². The molecule has 328 valence electrons. The number of hydrogen-bond donors (Lipinski definition) is 0. The summed E-state index contributed by atoms with van der Waals surface area (Å²) in [6, 6.07) is 94.7. The van der Waals surface area contributed by atoms with Crippen LogP contribution in [0.3, 0.4) is 0 Å². The summed E-state index contributed by atoms with van der Waals surface area (Å²) in [6.07, 6.45) is 0. The Balaban J connectivity index is 1.14. The van der Waals surface area contributed by atoms with Gasteiger partial charge in [0, 0.05) is 33.2 Å². The fourth-order valence-electron chi connectivity index (χ4n) is 10.2. The summed E-state index contributed by atoms with van der Waals surface area (Å²) < 4.78 is 2.36. The fourth-order valence-corrected chi connectivity index (χ4v) is 15.0. The Morgan fingerprint density at radius 3 is 1.40 bits per heavy atom. The van der Waals surface area contributed by atoms with Crippen LogP contribution < -0.4 is 20.7 Å². The molecule has 0 aliphatic rings. The van der Waals surface area contributed by atoms with Gasteiger partial charge in [-0.3, -0.25) is 0 Å². The summed E-state index contributed by atoms with van der Waals surface area (Å²) in [7, 11) is -2.88. The van der Waals surface area contributed by atoms with E-state index in [9.17, 15) is 5.26 Å². The first-order valence-corrected chi connectivity index (χ1v) is 25.5. The van der Waals surface area contributed by atoms with Crippen LogP contribution in [-0.2, 0) is 0 Å². The van der Waals surface area contributed by atoms with E-state index in [-0.39, 0.29) is 0 Å². The van der Waals surface area contributed by atoms with Gasteiger partial charge in [-0.1, -0.05) is 224 Å². The number of nitrogens with zero attached hydrogens (tertiary/aromatic N) is 5. The van der Waals surface area contributed by atoms with Crippen molar-refractivity contribution in [2.24, 2.45) is 0 Å². The third-order valence-electron chi connectivity index (χ3n) is 13.4. The van der Waals surface area contributed by atoms with Crippen molar-refractivity contribution >= 4 is 50.6 Å². The maximum Gasteiger partial charge on any atom is 0.179 e. The molecule has 5 nitrogen and oxygen atoms in total. The van der Waals surface area contributed by atoms with Gasteiger partial charge in [-0.2, -0.15) is 5.26 Å².